The summed E-state index contributed by atoms with van der Waals surface area (Å²) in [4.78, 5) is 15.4. The van der Waals surface area contributed by atoms with E-state index in [1.165, 1.54) is 0 Å². The van der Waals surface area contributed by atoms with Gasteiger partial charge in [0.2, 0.25) is 5.91 Å². The zero-order valence-corrected chi connectivity index (χ0v) is 15.8. The molecule has 1 rings (SSSR count). The van der Waals surface area contributed by atoms with E-state index in [0.29, 0.717) is 23.8 Å². The highest BCUT2D eigenvalue weighted by atomic mass is 16.5. The standard InChI is InChI=1S/C19H37NO2/c1-8-17(9-2)20(10-3)19(21)18(13(4)5)16-11-14(6)22-15(7)12-16/h13-18H,8-12H2,1-7H3. The zero-order chi connectivity index (χ0) is 16.9. The summed E-state index contributed by atoms with van der Waals surface area (Å²) < 4.78 is 5.88. The number of hydrogen-bond acceptors (Lipinski definition) is 2. The molecule has 1 heterocycles. The van der Waals surface area contributed by atoms with E-state index in [0.717, 1.165) is 32.2 Å². The molecular formula is C19H37NO2. The van der Waals surface area contributed by atoms with Crippen LogP contribution in [0.1, 0.15) is 74.1 Å². The Bertz CT molecular complexity index is 328. The number of hydrogen-bond donors (Lipinski definition) is 0. The van der Waals surface area contributed by atoms with Gasteiger partial charge >= 0.3 is 0 Å². The molecule has 3 nitrogen and oxygen atoms in total. The summed E-state index contributed by atoms with van der Waals surface area (Å²) in [6.07, 6.45) is 4.65. The van der Waals surface area contributed by atoms with Crippen molar-refractivity contribution in [3.63, 3.8) is 0 Å². The minimum absolute atomic E-state index is 0.134. The molecule has 0 bridgehead atoms. The Hall–Kier alpha value is -0.570. The van der Waals surface area contributed by atoms with E-state index < -0.39 is 0 Å². The summed E-state index contributed by atoms with van der Waals surface area (Å²) in [6.45, 7) is 16.0. The number of rotatable bonds is 7. The largest absolute Gasteiger partial charge is 0.376 e. The maximum atomic E-state index is 13.3. The number of carbonyl (C=O) groups excluding carboxylic acids is 1. The average molecular weight is 312 g/mol. The van der Waals surface area contributed by atoms with Crippen molar-refractivity contribution in [2.75, 3.05) is 6.54 Å². The van der Waals surface area contributed by atoms with E-state index in [9.17, 15) is 4.79 Å². The average Bonchev–Trinajstić information content (AvgIpc) is 2.43. The van der Waals surface area contributed by atoms with Gasteiger partial charge in [-0.15, -0.1) is 0 Å². The second-order valence-electron chi connectivity index (χ2n) is 7.35. The van der Waals surface area contributed by atoms with Crippen LogP contribution in [0.15, 0.2) is 0 Å². The number of ether oxygens (including phenoxy) is 1. The van der Waals surface area contributed by atoms with Crippen LogP contribution >= 0.6 is 0 Å². The Labute approximate surface area is 137 Å². The SMILES string of the molecule is CCC(CC)N(CC)C(=O)C(C(C)C)C1CC(C)OC(C)C1. The van der Waals surface area contributed by atoms with Gasteiger partial charge in [0.15, 0.2) is 0 Å². The zero-order valence-electron chi connectivity index (χ0n) is 15.8. The molecule has 1 fully saturated rings. The van der Waals surface area contributed by atoms with Crippen molar-refractivity contribution in [1.29, 1.82) is 0 Å². The van der Waals surface area contributed by atoms with E-state index in [1.54, 1.807) is 0 Å². The van der Waals surface area contributed by atoms with E-state index in [-0.39, 0.29) is 18.1 Å². The first-order valence-corrected chi connectivity index (χ1v) is 9.31. The smallest absolute Gasteiger partial charge is 0.226 e. The van der Waals surface area contributed by atoms with Crippen molar-refractivity contribution in [1.82, 2.24) is 4.90 Å². The van der Waals surface area contributed by atoms with Crippen LogP contribution in [-0.2, 0) is 9.53 Å². The summed E-state index contributed by atoms with van der Waals surface area (Å²) in [6, 6.07) is 0.383. The van der Waals surface area contributed by atoms with Crippen LogP contribution in [-0.4, -0.2) is 35.6 Å². The quantitative estimate of drug-likeness (QED) is 0.693. The summed E-state index contributed by atoms with van der Waals surface area (Å²) in [5.41, 5.74) is 0. The molecule has 1 amide bonds. The molecule has 0 aromatic rings. The molecule has 0 aliphatic carbocycles. The van der Waals surface area contributed by atoms with Gasteiger partial charge in [0.05, 0.1) is 12.2 Å². The van der Waals surface area contributed by atoms with Gasteiger partial charge in [-0.2, -0.15) is 0 Å². The molecule has 3 atom stereocenters. The van der Waals surface area contributed by atoms with Crippen molar-refractivity contribution in [3.05, 3.63) is 0 Å². The van der Waals surface area contributed by atoms with E-state index in [2.05, 4.69) is 53.4 Å². The van der Waals surface area contributed by atoms with Gasteiger partial charge in [-0.3, -0.25) is 4.79 Å². The van der Waals surface area contributed by atoms with Crippen LogP contribution in [0.2, 0.25) is 0 Å². The maximum Gasteiger partial charge on any atom is 0.226 e. The van der Waals surface area contributed by atoms with Crippen molar-refractivity contribution < 1.29 is 9.53 Å². The fourth-order valence-corrected chi connectivity index (χ4v) is 4.30. The third kappa shape index (κ3) is 4.71. The molecule has 1 aliphatic heterocycles. The van der Waals surface area contributed by atoms with Crippen molar-refractivity contribution in [2.24, 2.45) is 17.8 Å². The van der Waals surface area contributed by atoms with Crippen LogP contribution < -0.4 is 0 Å². The van der Waals surface area contributed by atoms with Gasteiger partial charge < -0.3 is 9.64 Å². The van der Waals surface area contributed by atoms with Crippen molar-refractivity contribution in [2.45, 2.75) is 92.4 Å². The monoisotopic (exact) mass is 311 g/mol. The lowest BCUT2D eigenvalue weighted by molar-refractivity contribution is -0.145. The lowest BCUT2D eigenvalue weighted by Crippen LogP contribution is -2.48. The third-order valence-electron chi connectivity index (χ3n) is 5.25. The van der Waals surface area contributed by atoms with Gasteiger partial charge in [0, 0.05) is 18.5 Å². The summed E-state index contributed by atoms with van der Waals surface area (Å²) >= 11 is 0. The Morgan fingerprint density at radius 3 is 1.95 bits per heavy atom. The molecular weight excluding hydrogens is 274 g/mol. The van der Waals surface area contributed by atoms with Crippen LogP contribution in [0.3, 0.4) is 0 Å². The molecule has 1 saturated heterocycles. The first-order valence-electron chi connectivity index (χ1n) is 9.31. The fourth-order valence-electron chi connectivity index (χ4n) is 4.30. The Morgan fingerprint density at radius 2 is 1.59 bits per heavy atom. The topological polar surface area (TPSA) is 29.5 Å². The normalized spacial score (nSPS) is 27.2. The first kappa shape index (κ1) is 19.5. The van der Waals surface area contributed by atoms with E-state index in [1.807, 2.05) is 0 Å². The molecule has 0 spiro atoms. The molecule has 0 aromatic carbocycles. The van der Waals surface area contributed by atoms with E-state index in [4.69, 9.17) is 4.74 Å². The number of nitrogens with zero attached hydrogens (tertiary/aromatic N) is 1. The van der Waals surface area contributed by atoms with Gasteiger partial charge in [-0.25, -0.2) is 0 Å². The summed E-state index contributed by atoms with van der Waals surface area (Å²) in [5, 5.41) is 0. The maximum absolute atomic E-state index is 13.3. The lowest BCUT2D eigenvalue weighted by atomic mass is 9.75. The third-order valence-corrected chi connectivity index (χ3v) is 5.25. The molecule has 0 aromatic heterocycles. The molecule has 1 aliphatic rings. The van der Waals surface area contributed by atoms with Gasteiger partial charge in [0.1, 0.15) is 0 Å². The van der Waals surface area contributed by atoms with Crippen LogP contribution in [0.5, 0.6) is 0 Å². The number of carbonyl (C=O) groups is 1. The molecule has 22 heavy (non-hydrogen) atoms. The minimum Gasteiger partial charge on any atom is -0.376 e. The molecule has 3 unspecified atom stereocenters. The molecule has 130 valence electrons. The molecule has 0 saturated carbocycles. The summed E-state index contributed by atoms with van der Waals surface area (Å²) in [5.74, 6) is 1.35. The predicted octanol–water partition coefficient (Wildman–Crippen LogP) is 4.50. The van der Waals surface area contributed by atoms with Crippen molar-refractivity contribution >= 4 is 5.91 Å². The highest BCUT2D eigenvalue weighted by Gasteiger charge is 2.38. The Morgan fingerprint density at radius 1 is 1.09 bits per heavy atom. The first-order chi connectivity index (χ1) is 10.3. The minimum atomic E-state index is 0.134. The highest BCUT2D eigenvalue weighted by Crippen LogP contribution is 2.36. The Balaban J connectivity index is 2.95. The van der Waals surface area contributed by atoms with Crippen LogP contribution in [0, 0.1) is 17.8 Å². The fraction of sp³-hybridized carbons (Fsp3) is 0.947. The predicted molar refractivity (Wildman–Crippen MR) is 92.8 cm³/mol. The number of amides is 1. The summed E-state index contributed by atoms with van der Waals surface area (Å²) in [7, 11) is 0. The van der Waals surface area contributed by atoms with Crippen molar-refractivity contribution in [3.8, 4) is 0 Å². The second-order valence-corrected chi connectivity index (χ2v) is 7.35. The second kappa shape index (κ2) is 8.90. The van der Waals surface area contributed by atoms with E-state index >= 15 is 0 Å². The van der Waals surface area contributed by atoms with Gasteiger partial charge in [-0.1, -0.05) is 27.7 Å². The highest BCUT2D eigenvalue weighted by molar-refractivity contribution is 5.79. The Kier molecular flexibility index (Phi) is 7.88. The van der Waals surface area contributed by atoms with Gasteiger partial charge in [0.25, 0.3) is 0 Å². The molecule has 0 N–H and O–H groups in total. The lowest BCUT2D eigenvalue weighted by Gasteiger charge is -2.41. The van der Waals surface area contributed by atoms with Crippen LogP contribution in [0.25, 0.3) is 0 Å². The molecule has 3 heteroatoms. The van der Waals surface area contributed by atoms with Crippen LogP contribution in [0.4, 0.5) is 0 Å². The molecule has 0 radical (unpaired) electrons. The van der Waals surface area contributed by atoms with Gasteiger partial charge in [-0.05, 0) is 58.3 Å².